The van der Waals surface area contributed by atoms with Crippen molar-refractivity contribution in [3.63, 3.8) is 0 Å². The first-order valence-corrected chi connectivity index (χ1v) is 5.98. The van der Waals surface area contributed by atoms with Crippen molar-refractivity contribution in [2.75, 3.05) is 0 Å². The van der Waals surface area contributed by atoms with Crippen LogP contribution in [0, 0.1) is 5.92 Å². The van der Waals surface area contributed by atoms with Gasteiger partial charge in [-0.25, -0.2) is 4.79 Å². The van der Waals surface area contributed by atoms with Gasteiger partial charge in [0.25, 0.3) is 0 Å². The molecule has 3 rings (SSSR count). The lowest BCUT2D eigenvalue weighted by Crippen LogP contribution is -2.08. The standard InChI is InChI=1S/C13H13NO4/c15-12(16)6-9(7-1-2-7)8-3-4-10-11(5-8)18-13(17)14-10/h3-5,7,9H,1-2,6H2,(H,14,17)(H,15,16). The summed E-state index contributed by atoms with van der Waals surface area (Å²) < 4.78 is 5.01. The van der Waals surface area contributed by atoms with Gasteiger partial charge in [-0.3, -0.25) is 9.78 Å². The number of aromatic amines is 1. The summed E-state index contributed by atoms with van der Waals surface area (Å²) in [5, 5.41) is 8.96. The highest BCUT2D eigenvalue weighted by Crippen LogP contribution is 2.44. The molecule has 1 saturated carbocycles. The minimum atomic E-state index is -0.789. The predicted octanol–water partition coefficient (Wildman–Crippen LogP) is 2.09. The third kappa shape index (κ3) is 2.03. The summed E-state index contributed by atoms with van der Waals surface area (Å²) in [6.45, 7) is 0. The number of fused-ring (bicyclic) bond motifs is 1. The Morgan fingerprint density at radius 1 is 1.50 bits per heavy atom. The molecule has 1 atom stereocenters. The molecule has 0 aliphatic heterocycles. The Morgan fingerprint density at radius 3 is 2.94 bits per heavy atom. The van der Waals surface area contributed by atoms with Gasteiger partial charge in [0.2, 0.25) is 0 Å². The fourth-order valence-electron chi connectivity index (χ4n) is 2.44. The summed E-state index contributed by atoms with van der Waals surface area (Å²) in [7, 11) is 0. The summed E-state index contributed by atoms with van der Waals surface area (Å²) in [6.07, 6.45) is 2.28. The summed E-state index contributed by atoms with van der Waals surface area (Å²) in [5.41, 5.74) is 2.08. The van der Waals surface area contributed by atoms with Crippen LogP contribution < -0.4 is 5.76 Å². The van der Waals surface area contributed by atoms with Gasteiger partial charge < -0.3 is 9.52 Å². The van der Waals surface area contributed by atoms with E-state index in [2.05, 4.69) is 4.98 Å². The van der Waals surface area contributed by atoms with E-state index in [9.17, 15) is 9.59 Å². The van der Waals surface area contributed by atoms with E-state index in [0.29, 0.717) is 17.0 Å². The highest BCUT2D eigenvalue weighted by molar-refractivity contribution is 5.74. The molecule has 1 aliphatic rings. The van der Waals surface area contributed by atoms with Crippen LogP contribution in [0.2, 0.25) is 0 Å². The topological polar surface area (TPSA) is 83.3 Å². The fourth-order valence-corrected chi connectivity index (χ4v) is 2.44. The van der Waals surface area contributed by atoms with E-state index >= 15 is 0 Å². The first-order chi connectivity index (χ1) is 8.63. The van der Waals surface area contributed by atoms with E-state index in [-0.39, 0.29) is 12.3 Å². The van der Waals surface area contributed by atoms with Crippen molar-refractivity contribution in [1.29, 1.82) is 0 Å². The van der Waals surface area contributed by atoms with Crippen molar-refractivity contribution in [2.24, 2.45) is 5.92 Å². The molecule has 0 amide bonds. The number of carboxylic acid groups (broad SMARTS) is 1. The largest absolute Gasteiger partial charge is 0.481 e. The van der Waals surface area contributed by atoms with Crippen molar-refractivity contribution in [3.8, 4) is 0 Å². The van der Waals surface area contributed by atoms with E-state index in [4.69, 9.17) is 9.52 Å². The van der Waals surface area contributed by atoms with Crippen molar-refractivity contribution >= 4 is 17.1 Å². The van der Waals surface area contributed by atoms with Gasteiger partial charge in [0.05, 0.1) is 11.9 Å². The van der Waals surface area contributed by atoms with E-state index in [1.54, 1.807) is 12.1 Å². The van der Waals surface area contributed by atoms with Crippen LogP contribution in [0.25, 0.3) is 11.1 Å². The van der Waals surface area contributed by atoms with Crippen molar-refractivity contribution in [3.05, 3.63) is 34.3 Å². The molecular weight excluding hydrogens is 234 g/mol. The van der Waals surface area contributed by atoms with Crippen molar-refractivity contribution in [2.45, 2.75) is 25.2 Å². The van der Waals surface area contributed by atoms with Gasteiger partial charge in [0.1, 0.15) is 0 Å². The molecule has 2 N–H and O–H groups in total. The zero-order valence-corrected chi connectivity index (χ0v) is 9.68. The van der Waals surface area contributed by atoms with E-state index in [1.165, 1.54) is 0 Å². The van der Waals surface area contributed by atoms with Gasteiger partial charge in [-0.1, -0.05) is 6.07 Å². The Bertz CT molecular complexity index is 650. The molecular formula is C13H13NO4. The van der Waals surface area contributed by atoms with Gasteiger partial charge in [-0.05, 0) is 42.4 Å². The maximum Gasteiger partial charge on any atom is 0.417 e. The zero-order chi connectivity index (χ0) is 12.7. The second-order valence-corrected chi connectivity index (χ2v) is 4.81. The molecule has 2 aromatic rings. The van der Waals surface area contributed by atoms with Crippen molar-refractivity contribution < 1.29 is 14.3 Å². The third-order valence-corrected chi connectivity index (χ3v) is 3.46. The van der Waals surface area contributed by atoms with Crippen LogP contribution in [0.5, 0.6) is 0 Å². The van der Waals surface area contributed by atoms with E-state index in [1.807, 2.05) is 6.07 Å². The Kier molecular flexibility index (Phi) is 2.47. The van der Waals surface area contributed by atoms with Crippen LogP contribution in [-0.4, -0.2) is 16.1 Å². The molecule has 0 bridgehead atoms. The molecule has 1 heterocycles. The van der Waals surface area contributed by atoms with E-state index in [0.717, 1.165) is 18.4 Å². The number of carbonyl (C=O) groups is 1. The maximum atomic E-state index is 11.1. The molecule has 0 radical (unpaired) electrons. The molecule has 0 spiro atoms. The van der Waals surface area contributed by atoms with Crippen molar-refractivity contribution in [1.82, 2.24) is 4.98 Å². The van der Waals surface area contributed by atoms with Crippen LogP contribution >= 0.6 is 0 Å². The van der Waals surface area contributed by atoms with Gasteiger partial charge in [-0.15, -0.1) is 0 Å². The molecule has 1 aromatic heterocycles. The third-order valence-electron chi connectivity index (χ3n) is 3.46. The van der Waals surface area contributed by atoms with E-state index < -0.39 is 11.7 Å². The maximum absolute atomic E-state index is 11.1. The Labute approximate surface area is 102 Å². The molecule has 1 aliphatic carbocycles. The molecule has 1 fully saturated rings. The molecule has 18 heavy (non-hydrogen) atoms. The molecule has 1 unspecified atom stereocenters. The first-order valence-electron chi connectivity index (χ1n) is 5.98. The van der Waals surface area contributed by atoms with Gasteiger partial charge in [0.15, 0.2) is 5.58 Å². The molecule has 5 nitrogen and oxygen atoms in total. The molecule has 5 heteroatoms. The number of carboxylic acids is 1. The highest BCUT2D eigenvalue weighted by atomic mass is 16.4. The number of aromatic nitrogens is 1. The summed E-state index contributed by atoms with van der Waals surface area (Å²) >= 11 is 0. The van der Waals surface area contributed by atoms with Gasteiger partial charge in [0, 0.05) is 0 Å². The number of hydrogen-bond donors (Lipinski definition) is 2. The Balaban J connectivity index is 1.99. The SMILES string of the molecule is O=C(O)CC(c1ccc2[nH]c(=O)oc2c1)C1CC1. The van der Waals surface area contributed by atoms with Crippen LogP contribution in [0.3, 0.4) is 0 Å². The lowest BCUT2D eigenvalue weighted by atomic mass is 9.91. The molecule has 0 saturated heterocycles. The Hall–Kier alpha value is -2.04. The average molecular weight is 247 g/mol. The quantitative estimate of drug-likeness (QED) is 0.866. The predicted molar refractivity (Wildman–Crippen MR) is 64.6 cm³/mol. The Morgan fingerprint density at radius 2 is 2.28 bits per heavy atom. The number of aliphatic carboxylic acids is 1. The zero-order valence-electron chi connectivity index (χ0n) is 9.68. The monoisotopic (exact) mass is 247 g/mol. The summed E-state index contributed by atoms with van der Waals surface area (Å²) in [4.78, 5) is 24.6. The average Bonchev–Trinajstić information content (AvgIpc) is 3.06. The molecule has 94 valence electrons. The lowest BCUT2D eigenvalue weighted by molar-refractivity contribution is -0.137. The molecule has 1 aromatic carbocycles. The van der Waals surface area contributed by atoms with Crippen LogP contribution in [0.4, 0.5) is 0 Å². The number of hydrogen-bond acceptors (Lipinski definition) is 3. The minimum Gasteiger partial charge on any atom is -0.481 e. The summed E-state index contributed by atoms with van der Waals surface area (Å²) in [5.74, 6) is -0.804. The normalized spacial score (nSPS) is 16.9. The second-order valence-electron chi connectivity index (χ2n) is 4.81. The number of rotatable bonds is 4. The minimum absolute atomic E-state index is 0.0205. The lowest BCUT2D eigenvalue weighted by Gasteiger charge is -2.13. The first kappa shape index (κ1) is 11.1. The number of benzene rings is 1. The van der Waals surface area contributed by atoms with Crippen LogP contribution in [0.1, 0.15) is 30.7 Å². The number of nitrogens with one attached hydrogen (secondary N) is 1. The van der Waals surface area contributed by atoms with Crippen LogP contribution in [0.15, 0.2) is 27.4 Å². The fraction of sp³-hybridized carbons (Fsp3) is 0.385. The van der Waals surface area contributed by atoms with Gasteiger partial charge in [-0.2, -0.15) is 0 Å². The summed E-state index contributed by atoms with van der Waals surface area (Å²) in [6, 6.07) is 5.42. The smallest absolute Gasteiger partial charge is 0.417 e. The van der Waals surface area contributed by atoms with Crippen LogP contribution in [-0.2, 0) is 4.79 Å². The number of H-pyrrole nitrogens is 1. The second kappa shape index (κ2) is 4.01. The van der Waals surface area contributed by atoms with Gasteiger partial charge >= 0.3 is 11.7 Å². The number of oxazole rings is 1. The highest BCUT2D eigenvalue weighted by Gasteiger charge is 2.33.